The van der Waals surface area contributed by atoms with Crippen LogP contribution in [0, 0.1) is 34.0 Å². The maximum absolute atomic E-state index is 10.6. The predicted octanol–water partition coefficient (Wildman–Crippen LogP) is 10.8. The van der Waals surface area contributed by atoms with Gasteiger partial charge in [0.25, 0.3) is 0 Å². The zero-order valence-electron chi connectivity index (χ0n) is 26.7. The van der Waals surface area contributed by atoms with E-state index in [2.05, 4.69) is 100 Å². The Labute approximate surface area is 287 Å². The maximum atomic E-state index is 10.6. The van der Waals surface area contributed by atoms with Crippen molar-refractivity contribution < 1.29 is 0 Å². The summed E-state index contributed by atoms with van der Waals surface area (Å²) in [6, 6.07) is 57.7. The Hall–Kier alpha value is -7.39. The van der Waals surface area contributed by atoms with Crippen molar-refractivity contribution in [3.8, 4) is 51.8 Å². The molecule has 5 nitrogen and oxygen atoms in total. The SMILES string of the molecule is N#Cc1ccc(-n2c3ccccc3c3ccccc32)c(-c2ccccc2-c2ccc(-n3c4ccccc4c4cc(C#N)ccc43)c(C#N)c2)c1. The molecule has 9 rings (SSSR count). The van der Waals surface area contributed by atoms with Crippen LogP contribution in [-0.4, -0.2) is 9.13 Å². The van der Waals surface area contributed by atoms with Gasteiger partial charge in [-0.25, -0.2) is 0 Å². The van der Waals surface area contributed by atoms with Gasteiger partial charge in [0.1, 0.15) is 6.07 Å². The normalized spacial score (nSPS) is 11.1. The Morgan fingerprint density at radius 3 is 1.50 bits per heavy atom. The molecular weight excluding hydrogens is 611 g/mol. The molecule has 0 spiro atoms. The number of fused-ring (bicyclic) bond motifs is 6. The molecule has 0 aliphatic rings. The molecule has 0 aliphatic carbocycles. The summed E-state index contributed by atoms with van der Waals surface area (Å²) >= 11 is 0. The molecule has 50 heavy (non-hydrogen) atoms. The van der Waals surface area contributed by atoms with Crippen LogP contribution >= 0.6 is 0 Å². The molecule has 5 heteroatoms. The van der Waals surface area contributed by atoms with Gasteiger partial charge in [-0.3, -0.25) is 0 Å². The van der Waals surface area contributed by atoms with Crippen LogP contribution in [0.1, 0.15) is 16.7 Å². The van der Waals surface area contributed by atoms with Gasteiger partial charge in [-0.15, -0.1) is 0 Å². The van der Waals surface area contributed by atoms with E-state index in [1.807, 2.05) is 78.9 Å². The Kier molecular flexibility index (Phi) is 6.56. The van der Waals surface area contributed by atoms with Crippen LogP contribution in [0.4, 0.5) is 0 Å². The van der Waals surface area contributed by atoms with E-state index in [1.165, 1.54) is 0 Å². The molecule has 0 saturated heterocycles. The molecule has 2 aromatic heterocycles. The second-order valence-corrected chi connectivity index (χ2v) is 12.3. The highest BCUT2D eigenvalue weighted by molar-refractivity contribution is 6.11. The van der Waals surface area contributed by atoms with Crippen molar-refractivity contribution >= 4 is 43.6 Å². The standard InChI is InChI=1S/C45H25N5/c46-26-29-17-20-44(50-41-14-6-3-11-35(41)36-12-4-7-15-42(36)50)38(23-29)34-10-2-1-9-33(34)31-19-22-40(32(25-31)28-48)49-43-16-8-5-13-37(43)39-24-30(27-47)18-21-45(39)49/h1-25H. The lowest BCUT2D eigenvalue weighted by Gasteiger charge is -2.18. The van der Waals surface area contributed by atoms with Crippen LogP contribution < -0.4 is 0 Å². The van der Waals surface area contributed by atoms with E-state index in [4.69, 9.17) is 0 Å². The summed E-state index contributed by atoms with van der Waals surface area (Å²) in [5, 5.41) is 34.5. The summed E-state index contributed by atoms with van der Waals surface area (Å²) in [6.07, 6.45) is 0. The number of aromatic nitrogens is 2. The molecular formula is C45H25N5. The summed E-state index contributed by atoms with van der Waals surface area (Å²) < 4.78 is 4.39. The smallest absolute Gasteiger partial charge is 0.101 e. The first-order valence-electron chi connectivity index (χ1n) is 16.3. The second-order valence-electron chi connectivity index (χ2n) is 12.3. The van der Waals surface area contributed by atoms with Crippen molar-refractivity contribution in [2.24, 2.45) is 0 Å². The van der Waals surface area contributed by atoms with E-state index < -0.39 is 0 Å². The van der Waals surface area contributed by atoms with Gasteiger partial charge in [0, 0.05) is 27.1 Å². The number of rotatable bonds is 4. The number of para-hydroxylation sites is 3. The van der Waals surface area contributed by atoms with E-state index in [0.29, 0.717) is 16.7 Å². The summed E-state index contributed by atoms with van der Waals surface area (Å²) in [5.74, 6) is 0. The minimum absolute atomic E-state index is 0.526. The van der Waals surface area contributed by atoms with Crippen LogP contribution in [0.3, 0.4) is 0 Å². The summed E-state index contributed by atoms with van der Waals surface area (Å²) in [5.41, 5.74) is 11.2. The first-order valence-corrected chi connectivity index (χ1v) is 16.3. The van der Waals surface area contributed by atoms with Crippen LogP contribution in [-0.2, 0) is 0 Å². The van der Waals surface area contributed by atoms with Crippen molar-refractivity contribution in [3.63, 3.8) is 0 Å². The molecule has 0 unspecified atom stereocenters. The van der Waals surface area contributed by atoms with Gasteiger partial charge in [0.2, 0.25) is 0 Å². The molecule has 0 N–H and O–H groups in total. The first-order chi connectivity index (χ1) is 24.7. The average Bonchev–Trinajstić information content (AvgIpc) is 3.70. The molecule has 0 amide bonds. The summed E-state index contributed by atoms with van der Waals surface area (Å²) in [4.78, 5) is 0. The maximum Gasteiger partial charge on any atom is 0.101 e. The van der Waals surface area contributed by atoms with Gasteiger partial charge in [-0.1, -0.05) is 84.9 Å². The summed E-state index contributed by atoms with van der Waals surface area (Å²) in [7, 11) is 0. The van der Waals surface area contributed by atoms with Crippen LogP contribution in [0.5, 0.6) is 0 Å². The van der Waals surface area contributed by atoms with Gasteiger partial charge in [0.15, 0.2) is 0 Å². The largest absolute Gasteiger partial charge is 0.309 e. The topological polar surface area (TPSA) is 81.2 Å². The first kappa shape index (κ1) is 28.8. The van der Waals surface area contributed by atoms with Crippen molar-refractivity contribution in [1.29, 1.82) is 15.8 Å². The molecule has 7 aromatic carbocycles. The van der Waals surface area contributed by atoms with E-state index in [9.17, 15) is 15.8 Å². The third-order valence-corrected chi connectivity index (χ3v) is 9.63. The van der Waals surface area contributed by atoms with Gasteiger partial charge in [0.05, 0.1) is 62.3 Å². The van der Waals surface area contributed by atoms with E-state index in [1.54, 1.807) is 0 Å². The number of nitriles is 3. The fraction of sp³-hybridized carbons (Fsp3) is 0. The zero-order valence-corrected chi connectivity index (χ0v) is 26.7. The van der Waals surface area contributed by atoms with Crippen molar-refractivity contribution in [3.05, 3.63) is 168 Å². The number of nitrogens with zero attached hydrogens (tertiary/aromatic N) is 5. The lowest BCUT2D eigenvalue weighted by Crippen LogP contribution is -2.00. The van der Waals surface area contributed by atoms with Crippen LogP contribution in [0.25, 0.3) is 77.2 Å². The Balaban J connectivity index is 1.26. The molecule has 0 fully saturated rings. The molecule has 0 bridgehead atoms. The average molecular weight is 636 g/mol. The van der Waals surface area contributed by atoms with Crippen molar-refractivity contribution in [2.75, 3.05) is 0 Å². The summed E-state index contributed by atoms with van der Waals surface area (Å²) in [6.45, 7) is 0. The van der Waals surface area contributed by atoms with Gasteiger partial charge in [-0.05, 0) is 83.4 Å². The zero-order chi connectivity index (χ0) is 33.8. The molecule has 2 heterocycles. The van der Waals surface area contributed by atoms with Crippen molar-refractivity contribution in [2.45, 2.75) is 0 Å². The Bertz CT molecular complexity index is 2920. The molecule has 0 radical (unpaired) electrons. The number of hydrogen-bond donors (Lipinski definition) is 0. The fourth-order valence-electron chi connectivity index (χ4n) is 7.46. The third kappa shape index (κ3) is 4.31. The highest BCUT2D eigenvalue weighted by Gasteiger charge is 2.20. The molecule has 0 atom stereocenters. The van der Waals surface area contributed by atoms with Gasteiger partial charge >= 0.3 is 0 Å². The predicted molar refractivity (Wildman–Crippen MR) is 200 cm³/mol. The third-order valence-electron chi connectivity index (χ3n) is 9.63. The van der Waals surface area contributed by atoms with Crippen LogP contribution in [0.2, 0.25) is 0 Å². The number of benzene rings is 7. The lowest BCUT2D eigenvalue weighted by atomic mass is 9.91. The lowest BCUT2D eigenvalue weighted by molar-refractivity contribution is 1.17. The van der Waals surface area contributed by atoms with E-state index in [0.717, 1.165) is 77.2 Å². The highest BCUT2D eigenvalue weighted by atomic mass is 15.0. The van der Waals surface area contributed by atoms with E-state index in [-0.39, 0.29) is 0 Å². The Morgan fingerprint density at radius 2 is 0.860 bits per heavy atom. The quantitative estimate of drug-likeness (QED) is 0.193. The van der Waals surface area contributed by atoms with Crippen molar-refractivity contribution in [1.82, 2.24) is 9.13 Å². The minimum Gasteiger partial charge on any atom is -0.309 e. The Morgan fingerprint density at radius 1 is 0.360 bits per heavy atom. The minimum atomic E-state index is 0.526. The fourth-order valence-corrected chi connectivity index (χ4v) is 7.46. The van der Waals surface area contributed by atoms with Gasteiger partial charge in [-0.2, -0.15) is 15.8 Å². The molecule has 0 saturated carbocycles. The van der Waals surface area contributed by atoms with Gasteiger partial charge < -0.3 is 9.13 Å². The second kappa shape index (κ2) is 11.4. The monoisotopic (exact) mass is 635 g/mol. The van der Waals surface area contributed by atoms with Crippen LogP contribution in [0.15, 0.2) is 152 Å². The highest BCUT2D eigenvalue weighted by Crippen LogP contribution is 2.41. The molecule has 0 aliphatic heterocycles. The van der Waals surface area contributed by atoms with E-state index >= 15 is 0 Å². The molecule has 9 aromatic rings. The molecule has 230 valence electrons. The number of hydrogen-bond acceptors (Lipinski definition) is 3.